The van der Waals surface area contributed by atoms with Crippen LogP contribution in [0.1, 0.15) is 30.1 Å². The Morgan fingerprint density at radius 3 is 2.67 bits per heavy atom. The summed E-state index contributed by atoms with van der Waals surface area (Å²) in [5.41, 5.74) is 1.47. The molecule has 0 bridgehead atoms. The highest BCUT2D eigenvalue weighted by atomic mass is 35.5. The van der Waals surface area contributed by atoms with Gasteiger partial charge in [0.05, 0.1) is 16.8 Å². The third-order valence-corrected chi connectivity index (χ3v) is 3.99. The lowest BCUT2D eigenvalue weighted by Gasteiger charge is -2.35. The van der Waals surface area contributed by atoms with Gasteiger partial charge in [-0.25, -0.2) is 0 Å². The standard InChI is InChI=1S/C14H18ClNO2/c1-10(18)11-5-7-16(8-6-11)14-12(9-17)3-2-4-13(14)15/h2-4,9-11,18H,5-8H2,1H3. The first-order valence-electron chi connectivity index (χ1n) is 6.30. The number of nitrogens with zero attached hydrogens (tertiary/aromatic N) is 1. The van der Waals surface area contributed by atoms with Crippen molar-refractivity contribution in [2.75, 3.05) is 18.0 Å². The third-order valence-electron chi connectivity index (χ3n) is 3.68. The van der Waals surface area contributed by atoms with Crippen LogP contribution in [0.2, 0.25) is 5.02 Å². The lowest BCUT2D eigenvalue weighted by molar-refractivity contribution is 0.109. The molecule has 1 aromatic rings. The summed E-state index contributed by atoms with van der Waals surface area (Å²) in [5, 5.41) is 10.2. The number of para-hydroxylation sites is 1. The van der Waals surface area contributed by atoms with Gasteiger partial charge in [0, 0.05) is 18.7 Å². The topological polar surface area (TPSA) is 40.5 Å². The molecule has 18 heavy (non-hydrogen) atoms. The van der Waals surface area contributed by atoms with E-state index in [4.69, 9.17) is 11.6 Å². The van der Waals surface area contributed by atoms with E-state index >= 15 is 0 Å². The quantitative estimate of drug-likeness (QED) is 0.856. The predicted molar refractivity (Wildman–Crippen MR) is 73.5 cm³/mol. The molecule has 1 aliphatic heterocycles. The van der Waals surface area contributed by atoms with Gasteiger partial charge in [-0.2, -0.15) is 0 Å². The molecule has 1 N–H and O–H groups in total. The Balaban J connectivity index is 2.17. The van der Waals surface area contributed by atoms with Crippen molar-refractivity contribution in [2.45, 2.75) is 25.9 Å². The van der Waals surface area contributed by atoms with E-state index in [1.54, 1.807) is 12.1 Å². The Hall–Kier alpha value is -1.06. The van der Waals surface area contributed by atoms with Crippen LogP contribution in [0.5, 0.6) is 0 Å². The molecule has 2 rings (SSSR count). The number of carbonyl (C=O) groups excluding carboxylic acids is 1. The average molecular weight is 268 g/mol. The number of carbonyl (C=O) groups is 1. The molecule has 0 spiro atoms. The maximum Gasteiger partial charge on any atom is 0.152 e. The number of piperidine rings is 1. The third kappa shape index (κ3) is 2.68. The second kappa shape index (κ2) is 5.72. The molecule has 98 valence electrons. The lowest BCUT2D eigenvalue weighted by atomic mass is 9.91. The summed E-state index contributed by atoms with van der Waals surface area (Å²) in [7, 11) is 0. The van der Waals surface area contributed by atoms with E-state index in [0.29, 0.717) is 16.5 Å². The van der Waals surface area contributed by atoms with E-state index in [-0.39, 0.29) is 6.10 Å². The minimum absolute atomic E-state index is 0.260. The Morgan fingerprint density at radius 1 is 1.44 bits per heavy atom. The van der Waals surface area contributed by atoms with Crippen LogP contribution in [-0.2, 0) is 0 Å². The van der Waals surface area contributed by atoms with Crippen molar-refractivity contribution >= 4 is 23.6 Å². The second-order valence-corrected chi connectivity index (χ2v) is 5.27. The smallest absolute Gasteiger partial charge is 0.152 e. The number of aliphatic hydroxyl groups excluding tert-OH is 1. The first-order chi connectivity index (χ1) is 8.63. The molecular weight excluding hydrogens is 250 g/mol. The summed E-state index contributed by atoms with van der Waals surface area (Å²) in [6, 6.07) is 5.39. The second-order valence-electron chi connectivity index (χ2n) is 4.86. The van der Waals surface area contributed by atoms with Crippen LogP contribution in [-0.4, -0.2) is 30.6 Å². The molecule has 0 aromatic heterocycles. The average Bonchev–Trinajstić information content (AvgIpc) is 2.38. The number of aliphatic hydroxyl groups is 1. The molecule has 3 nitrogen and oxygen atoms in total. The molecule has 1 heterocycles. The molecule has 0 aliphatic carbocycles. The fourth-order valence-corrected chi connectivity index (χ4v) is 2.87. The van der Waals surface area contributed by atoms with Crippen molar-refractivity contribution in [3.05, 3.63) is 28.8 Å². The maximum atomic E-state index is 11.1. The van der Waals surface area contributed by atoms with Crippen LogP contribution >= 0.6 is 11.6 Å². The SMILES string of the molecule is CC(O)C1CCN(c2c(Cl)cccc2C=O)CC1. The van der Waals surface area contributed by atoms with Crippen LogP contribution < -0.4 is 4.90 Å². The zero-order chi connectivity index (χ0) is 13.1. The van der Waals surface area contributed by atoms with E-state index in [9.17, 15) is 9.90 Å². The van der Waals surface area contributed by atoms with Gasteiger partial charge in [0.2, 0.25) is 0 Å². The largest absolute Gasteiger partial charge is 0.393 e. The molecule has 0 radical (unpaired) electrons. The van der Waals surface area contributed by atoms with E-state index in [2.05, 4.69) is 4.90 Å². The fourth-order valence-electron chi connectivity index (χ4n) is 2.57. The van der Waals surface area contributed by atoms with Gasteiger partial charge in [-0.15, -0.1) is 0 Å². The van der Waals surface area contributed by atoms with E-state index in [1.807, 2.05) is 13.0 Å². The van der Waals surface area contributed by atoms with Crippen molar-refractivity contribution in [2.24, 2.45) is 5.92 Å². The number of aldehydes is 1. The van der Waals surface area contributed by atoms with Crippen molar-refractivity contribution in [1.29, 1.82) is 0 Å². The summed E-state index contributed by atoms with van der Waals surface area (Å²) in [4.78, 5) is 13.2. The minimum atomic E-state index is -0.260. The summed E-state index contributed by atoms with van der Waals surface area (Å²) in [5.74, 6) is 0.350. The minimum Gasteiger partial charge on any atom is -0.393 e. The van der Waals surface area contributed by atoms with Gasteiger partial charge < -0.3 is 10.0 Å². The summed E-state index contributed by atoms with van der Waals surface area (Å²) in [6.45, 7) is 3.51. The molecular formula is C14H18ClNO2. The number of anilines is 1. The molecule has 1 atom stereocenters. The molecule has 1 saturated heterocycles. The summed E-state index contributed by atoms with van der Waals surface area (Å²) >= 11 is 6.19. The lowest BCUT2D eigenvalue weighted by Crippen LogP contribution is -2.37. The van der Waals surface area contributed by atoms with Gasteiger partial charge in [-0.05, 0) is 37.8 Å². The Kier molecular flexibility index (Phi) is 4.25. The number of rotatable bonds is 3. The highest BCUT2D eigenvalue weighted by Crippen LogP contribution is 2.32. The monoisotopic (exact) mass is 267 g/mol. The van der Waals surface area contributed by atoms with Crippen LogP contribution in [0.25, 0.3) is 0 Å². The van der Waals surface area contributed by atoms with E-state index < -0.39 is 0 Å². The van der Waals surface area contributed by atoms with Crippen LogP contribution in [0, 0.1) is 5.92 Å². The van der Waals surface area contributed by atoms with Crippen molar-refractivity contribution in [1.82, 2.24) is 0 Å². The van der Waals surface area contributed by atoms with Crippen LogP contribution in [0.15, 0.2) is 18.2 Å². The van der Waals surface area contributed by atoms with Gasteiger partial charge in [-0.3, -0.25) is 4.79 Å². The highest BCUT2D eigenvalue weighted by molar-refractivity contribution is 6.33. The predicted octanol–water partition coefficient (Wildman–Crippen LogP) is 2.75. The highest BCUT2D eigenvalue weighted by Gasteiger charge is 2.24. The number of hydrogen-bond donors (Lipinski definition) is 1. The maximum absolute atomic E-state index is 11.1. The summed E-state index contributed by atoms with van der Waals surface area (Å²) in [6.07, 6.45) is 2.45. The van der Waals surface area contributed by atoms with Gasteiger partial charge in [0.1, 0.15) is 0 Å². The van der Waals surface area contributed by atoms with Crippen LogP contribution in [0.4, 0.5) is 5.69 Å². The zero-order valence-electron chi connectivity index (χ0n) is 10.5. The fraction of sp³-hybridized carbons (Fsp3) is 0.500. The van der Waals surface area contributed by atoms with E-state index in [1.165, 1.54) is 0 Å². The molecule has 0 saturated carbocycles. The van der Waals surface area contributed by atoms with Crippen molar-refractivity contribution in [3.8, 4) is 0 Å². The Labute approximate surface area is 112 Å². The van der Waals surface area contributed by atoms with Gasteiger partial charge >= 0.3 is 0 Å². The van der Waals surface area contributed by atoms with E-state index in [0.717, 1.165) is 37.9 Å². The van der Waals surface area contributed by atoms with Crippen molar-refractivity contribution < 1.29 is 9.90 Å². The Bertz CT molecular complexity index is 426. The van der Waals surface area contributed by atoms with Gasteiger partial charge in [0.15, 0.2) is 6.29 Å². The number of hydrogen-bond acceptors (Lipinski definition) is 3. The normalized spacial score (nSPS) is 18.7. The van der Waals surface area contributed by atoms with Crippen LogP contribution in [0.3, 0.4) is 0 Å². The van der Waals surface area contributed by atoms with Gasteiger partial charge in [-0.1, -0.05) is 17.7 Å². The van der Waals surface area contributed by atoms with Crippen molar-refractivity contribution in [3.63, 3.8) is 0 Å². The molecule has 1 aromatic carbocycles. The molecule has 1 unspecified atom stereocenters. The molecule has 1 fully saturated rings. The Morgan fingerprint density at radius 2 is 2.11 bits per heavy atom. The molecule has 1 aliphatic rings. The van der Waals surface area contributed by atoms with Gasteiger partial charge in [0.25, 0.3) is 0 Å². The number of benzene rings is 1. The molecule has 0 amide bonds. The first kappa shape index (κ1) is 13.4. The first-order valence-corrected chi connectivity index (χ1v) is 6.68. The number of halogens is 1. The zero-order valence-corrected chi connectivity index (χ0v) is 11.2. The summed E-state index contributed by atoms with van der Waals surface area (Å²) < 4.78 is 0. The molecule has 4 heteroatoms.